The summed E-state index contributed by atoms with van der Waals surface area (Å²) in [5.74, 6) is 1.43. The van der Waals surface area contributed by atoms with Crippen LogP contribution in [0.1, 0.15) is 34.1 Å². The summed E-state index contributed by atoms with van der Waals surface area (Å²) in [7, 11) is 5.76. The number of phenolic OH excluding ortho intramolecular Hbond substituents is 1. The second-order valence-electron chi connectivity index (χ2n) is 7.67. The Balaban J connectivity index is 1.74. The fourth-order valence-corrected chi connectivity index (χ4v) is 4.08. The number of hydrogen-bond donors (Lipinski definition) is 3. The van der Waals surface area contributed by atoms with E-state index < -0.39 is 0 Å². The molecule has 8 heteroatoms. The first-order valence-corrected chi connectivity index (χ1v) is 11.4. The molecule has 0 fully saturated rings. The van der Waals surface area contributed by atoms with E-state index in [1.165, 1.54) is 11.3 Å². The molecule has 0 bridgehead atoms. The molecule has 0 amide bonds. The zero-order chi connectivity index (χ0) is 23.1. The average molecular weight is 455 g/mol. The van der Waals surface area contributed by atoms with Crippen LogP contribution in [-0.2, 0) is 6.42 Å². The monoisotopic (exact) mass is 454 g/mol. The van der Waals surface area contributed by atoms with Crippen LogP contribution in [0, 0.1) is 0 Å². The summed E-state index contributed by atoms with van der Waals surface area (Å²) in [5, 5.41) is 16.9. The average Bonchev–Trinajstić information content (AvgIpc) is 3.18. The number of aromatic hydroxyl groups is 1. The molecule has 1 aromatic heterocycles. The Morgan fingerprint density at radius 2 is 1.94 bits per heavy atom. The quantitative estimate of drug-likeness (QED) is 0.360. The maximum Gasteiger partial charge on any atom is 0.206 e. The number of phenols is 1. The van der Waals surface area contributed by atoms with Gasteiger partial charge in [0.25, 0.3) is 0 Å². The lowest BCUT2D eigenvalue weighted by atomic mass is 10.0. The van der Waals surface area contributed by atoms with E-state index >= 15 is 0 Å². The first-order valence-electron chi connectivity index (χ1n) is 10.6. The zero-order valence-electron chi connectivity index (χ0n) is 18.9. The first kappa shape index (κ1) is 23.6. The molecule has 32 heavy (non-hydrogen) atoms. The summed E-state index contributed by atoms with van der Waals surface area (Å²) < 4.78 is 5.72. The number of likely N-dealkylation sites (N-methyl/N-ethyl adjacent to an activating group) is 1. The number of ketones is 1. The maximum absolute atomic E-state index is 13.2. The summed E-state index contributed by atoms with van der Waals surface area (Å²) in [6, 6.07) is 12.7. The lowest BCUT2D eigenvalue weighted by Crippen LogP contribution is -2.19. The van der Waals surface area contributed by atoms with E-state index in [4.69, 9.17) is 4.74 Å². The van der Waals surface area contributed by atoms with Crippen molar-refractivity contribution < 1.29 is 14.6 Å². The number of nitrogens with one attached hydrogen (secondary N) is 2. The molecule has 0 aliphatic rings. The molecule has 2 aromatic carbocycles. The van der Waals surface area contributed by atoms with Crippen molar-refractivity contribution in [3.05, 3.63) is 58.5 Å². The van der Waals surface area contributed by atoms with Crippen molar-refractivity contribution >= 4 is 33.8 Å². The largest absolute Gasteiger partial charge is 0.508 e. The highest BCUT2D eigenvalue weighted by Crippen LogP contribution is 2.32. The molecular formula is C24H30N4O3S. The van der Waals surface area contributed by atoms with E-state index in [2.05, 4.69) is 20.5 Å². The van der Waals surface area contributed by atoms with Crippen molar-refractivity contribution in [2.45, 2.75) is 19.8 Å². The molecule has 0 saturated carbocycles. The van der Waals surface area contributed by atoms with Crippen LogP contribution in [0.4, 0.5) is 16.6 Å². The molecule has 3 N–H and O–H groups in total. The third-order valence-corrected chi connectivity index (χ3v) is 5.81. The summed E-state index contributed by atoms with van der Waals surface area (Å²) in [4.78, 5) is 20.3. The Bertz CT molecular complexity index is 1050. The van der Waals surface area contributed by atoms with Crippen molar-refractivity contribution in [2.75, 3.05) is 44.9 Å². The third kappa shape index (κ3) is 5.99. The van der Waals surface area contributed by atoms with Crippen LogP contribution >= 0.6 is 11.3 Å². The van der Waals surface area contributed by atoms with Crippen LogP contribution < -0.4 is 15.4 Å². The smallest absolute Gasteiger partial charge is 0.206 e. The van der Waals surface area contributed by atoms with Crippen LogP contribution in [0.25, 0.3) is 0 Å². The summed E-state index contributed by atoms with van der Waals surface area (Å²) >= 11 is 1.29. The van der Waals surface area contributed by atoms with E-state index in [0.29, 0.717) is 28.0 Å². The van der Waals surface area contributed by atoms with Crippen LogP contribution in [0.5, 0.6) is 11.5 Å². The molecule has 0 spiro atoms. The van der Waals surface area contributed by atoms with Gasteiger partial charge in [-0.2, -0.15) is 0 Å². The summed E-state index contributed by atoms with van der Waals surface area (Å²) in [6.45, 7) is 3.51. The van der Waals surface area contributed by atoms with Gasteiger partial charge >= 0.3 is 0 Å². The molecule has 0 aliphatic carbocycles. The van der Waals surface area contributed by atoms with E-state index in [1.807, 2.05) is 45.3 Å². The van der Waals surface area contributed by atoms with Gasteiger partial charge < -0.3 is 25.4 Å². The Hall–Kier alpha value is -3.10. The van der Waals surface area contributed by atoms with Gasteiger partial charge in [0.1, 0.15) is 23.0 Å². The molecule has 0 radical (unpaired) electrons. The van der Waals surface area contributed by atoms with Crippen LogP contribution in [0.3, 0.4) is 0 Å². The molecule has 3 aromatic rings. The highest BCUT2D eigenvalue weighted by Gasteiger charge is 2.20. The fraction of sp³-hybridized carbons (Fsp3) is 0.333. The maximum atomic E-state index is 13.2. The molecule has 0 atom stereocenters. The molecule has 0 unspecified atom stereocenters. The van der Waals surface area contributed by atoms with Gasteiger partial charge in [-0.3, -0.25) is 4.79 Å². The highest BCUT2D eigenvalue weighted by atomic mass is 32.1. The van der Waals surface area contributed by atoms with Crippen LogP contribution in [0.15, 0.2) is 42.5 Å². The van der Waals surface area contributed by atoms with E-state index in [-0.39, 0.29) is 11.5 Å². The van der Waals surface area contributed by atoms with Gasteiger partial charge in [0.05, 0.1) is 0 Å². The molecule has 7 nitrogen and oxygen atoms in total. The second-order valence-corrected chi connectivity index (χ2v) is 8.67. The number of nitrogens with zero attached hydrogens (tertiary/aromatic N) is 2. The van der Waals surface area contributed by atoms with Crippen molar-refractivity contribution in [2.24, 2.45) is 0 Å². The number of carbonyl (C=O) groups is 1. The molecular weight excluding hydrogens is 424 g/mol. The van der Waals surface area contributed by atoms with Gasteiger partial charge in [0, 0.05) is 24.8 Å². The number of anilines is 3. The number of aryl methyl sites for hydroxylation is 1. The topological polar surface area (TPSA) is 86.7 Å². The molecule has 1 heterocycles. The van der Waals surface area contributed by atoms with E-state index in [1.54, 1.807) is 25.2 Å². The van der Waals surface area contributed by atoms with Crippen molar-refractivity contribution in [1.82, 2.24) is 9.88 Å². The third-order valence-electron chi connectivity index (χ3n) is 4.84. The van der Waals surface area contributed by atoms with Gasteiger partial charge in [-0.1, -0.05) is 24.7 Å². The Morgan fingerprint density at radius 3 is 2.59 bits per heavy atom. The Morgan fingerprint density at radius 1 is 1.19 bits per heavy atom. The SMILES string of the molecule is CCCc1cc(C(=O)c2sc(Nc3ccc(OCCN(C)C)cc3)nc2NC)ccc1O. The van der Waals surface area contributed by atoms with E-state index in [0.717, 1.165) is 36.4 Å². The predicted molar refractivity (Wildman–Crippen MR) is 131 cm³/mol. The van der Waals surface area contributed by atoms with Gasteiger partial charge in [0.15, 0.2) is 10.9 Å². The normalized spacial score (nSPS) is 10.9. The van der Waals surface area contributed by atoms with Gasteiger partial charge in [-0.25, -0.2) is 4.98 Å². The van der Waals surface area contributed by atoms with Crippen molar-refractivity contribution in [3.8, 4) is 11.5 Å². The predicted octanol–water partition coefficient (Wildman–Crippen LogP) is 4.76. The number of aromatic nitrogens is 1. The lowest BCUT2D eigenvalue weighted by Gasteiger charge is -2.11. The standard InChI is InChI=1S/C24H30N4O3S/c1-5-6-16-15-17(7-12-20(16)29)21(30)22-23(25-2)27-24(32-22)26-18-8-10-19(11-9-18)31-14-13-28(3)4/h7-12,15,25,29H,5-6,13-14H2,1-4H3,(H,26,27). The van der Waals surface area contributed by atoms with Crippen molar-refractivity contribution in [1.29, 1.82) is 0 Å². The van der Waals surface area contributed by atoms with Crippen LogP contribution in [0.2, 0.25) is 0 Å². The lowest BCUT2D eigenvalue weighted by molar-refractivity contribution is 0.104. The summed E-state index contributed by atoms with van der Waals surface area (Å²) in [6.07, 6.45) is 1.61. The minimum absolute atomic E-state index is 0.123. The number of hydrogen-bond acceptors (Lipinski definition) is 8. The number of benzene rings is 2. The number of ether oxygens (including phenoxy) is 1. The second kappa shape index (κ2) is 11.0. The molecule has 170 valence electrons. The summed E-state index contributed by atoms with van der Waals surface area (Å²) in [5.41, 5.74) is 2.17. The van der Waals surface area contributed by atoms with Crippen LogP contribution in [-0.4, -0.2) is 55.1 Å². The zero-order valence-corrected chi connectivity index (χ0v) is 19.8. The molecule has 0 aliphatic heterocycles. The first-order chi connectivity index (χ1) is 15.4. The van der Waals surface area contributed by atoms with E-state index in [9.17, 15) is 9.90 Å². The number of carbonyl (C=O) groups excluding carboxylic acids is 1. The molecule has 3 rings (SSSR count). The minimum Gasteiger partial charge on any atom is -0.508 e. The Kier molecular flexibility index (Phi) is 8.08. The fourth-order valence-electron chi connectivity index (χ4n) is 3.13. The van der Waals surface area contributed by atoms with Gasteiger partial charge in [-0.15, -0.1) is 0 Å². The van der Waals surface area contributed by atoms with Gasteiger partial charge in [-0.05, 0) is 68.5 Å². The minimum atomic E-state index is -0.123. The number of rotatable bonds is 11. The number of thiazole rings is 1. The highest BCUT2D eigenvalue weighted by molar-refractivity contribution is 7.18. The Labute approximate surface area is 193 Å². The molecule has 0 saturated heterocycles. The van der Waals surface area contributed by atoms with Gasteiger partial charge in [0.2, 0.25) is 5.78 Å². The van der Waals surface area contributed by atoms with Crippen molar-refractivity contribution in [3.63, 3.8) is 0 Å².